The molecule has 39 heavy (non-hydrogen) atoms. The number of carbonyl (C=O) groups excluding carboxylic acids is 1. The fraction of sp³-hybridized carbons (Fsp3) is 0.267. The molecule has 5 rings (SSSR count). The summed E-state index contributed by atoms with van der Waals surface area (Å²) >= 11 is -0.841. The summed E-state index contributed by atoms with van der Waals surface area (Å²) in [6.45, 7) is 0. The van der Waals surface area contributed by atoms with E-state index >= 15 is 0 Å². The molecule has 2 N–H and O–H groups in total. The van der Waals surface area contributed by atoms with Gasteiger partial charge in [0.15, 0.2) is 0 Å². The Morgan fingerprint density at radius 2 is 1.74 bits per heavy atom. The third kappa shape index (κ3) is 6.41. The van der Waals surface area contributed by atoms with Crippen molar-refractivity contribution in [3.63, 3.8) is 0 Å². The summed E-state index contributed by atoms with van der Waals surface area (Å²) in [5.74, 6) is 0.775. The van der Waals surface area contributed by atoms with Gasteiger partial charge in [-0.1, -0.05) is 30.3 Å². The maximum absolute atomic E-state index is 13.8. The third-order valence-electron chi connectivity index (χ3n) is 7.12. The second kappa shape index (κ2) is 12.0. The van der Waals surface area contributed by atoms with Crippen molar-refractivity contribution in [3.8, 4) is 17.2 Å². The highest BCUT2D eigenvalue weighted by molar-refractivity contribution is 8.15. The van der Waals surface area contributed by atoms with Crippen LogP contribution in [0.15, 0.2) is 90.2 Å². The average Bonchev–Trinajstić information content (AvgIpc) is 3.41. The van der Waals surface area contributed by atoms with E-state index in [1.165, 1.54) is 0 Å². The predicted octanol–water partition coefficient (Wildman–Crippen LogP) is 5.90. The van der Waals surface area contributed by atoms with E-state index in [1.54, 1.807) is 16.9 Å². The number of carbonyl (C=O) groups is 1. The van der Waals surface area contributed by atoms with Gasteiger partial charge in [-0.25, -0.2) is 9.78 Å². The van der Waals surface area contributed by atoms with Crippen LogP contribution in [0.2, 0.25) is 0 Å². The topological polar surface area (TPSA) is 98.9 Å². The van der Waals surface area contributed by atoms with Gasteiger partial charge >= 0.3 is 6.03 Å². The number of hydrogen-bond acceptors (Lipinski definition) is 5. The Morgan fingerprint density at radius 3 is 2.36 bits per heavy atom. The SMILES string of the molecule is Cn1cc(-c2ccc(N(C(=O)N[SH](C)c3ccccc3)C3CCC(Nc4ccc(C#N)cn4)CC3)cc2)cn1. The van der Waals surface area contributed by atoms with Crippen molar-refractivity contribution < 1.29 is 4.79 Å². The zero-order valence-corrected chi connectivity index (χ0v) is 23.1. The number of aryl methyl sites for hydroxylation is 1. The molecule has 1 unspecified atom stereocenters. The first kappa shape index (κ1) is 26.3. The first-order valence-electron chi connectivity index (χ1n) is 13.1. The van der Waals surface area contributed by atoms with Crippen LogP contribution >= 0.6 is 11.1 Å². The molecular formula is C30H33N7OS. The number of hydrogen-bond donors (Lipinski definition) is 3. The minimum atomic E-state index is -0.841. The Labute approximate surface area is 232 Å². The number of benzene rings is 2. The Balaban J connectivity index is 1.32. The second-order valence-corrected chi connectivity index (χ2v) is 11.7. The zero-order valence-electron chi connectivity index (χ0n) is 22.2. The van der Waals surface area contributed by atoms with Gasteiger partial charge in [0.05, 0.1) is 11.8 Å². The summed E-state index contributed by atoms with van der Waals surface area (Å²) in [4.78, 5) is 21.2. The van der Waals surface area contributed by atoms with Gasteiger partial charge in [0.25, 0.3) is 0 Å². The average molecular weight is 540 g/mol. The Bertz CT molecular complexity index is 1420. The van der Waals surface area contributed by atoms with Crippen molar-refractivity contribution in [1.29, 1.82) is 5.26 Å². The van der Waals surface area contributed by atoms with Gasteiger partial charge in [-0.15, -0.1) is 0 Å². The monoisotopic (exact) mass is 539 g/mol. The van der Waals surface area contributed by atoms with Gasteiger partial charge in [-0.05, 0) is 73.9 Å². The van der Waals surface area contributed by atoms with Crippen molar-refractivity contribution in [3.05, 3.63) is 90.9 Å². The van der Waals surface area contributed by atoms with E-state index < -0.39 is 11.1 Å². The van der Waals surface area contributed by atoms with Crippen LogP contribution in [0.1, 0.15) is 31.2 Å². The van der Waals surface area contributed by atoms with Crippen molar-refractivity contribution in [2.24, 2.45) is 7.05 Å². The first-order chi connectivity index (χ1) is 19.0. The molecule has 9 heteroatoms. The minimum Gasteiger partial charge on any atom is -0.367 e. The summed E-state index contributed by atoms with van der Waals surface area (Å²) in [6, 6.07) is 24.3. The largest absolute Gasteiger partial charge is 0.367 e. The molecule has 1 aliphatic carbocycles. The van der Waals surface area contributed by atoms with E-state index in [0.717, 1.165) is 53.2 Å². The highest BCUT2D eigenvalue weighted by Gasteiger charge is 2.31. The highest BCUT2D eigenvalue weighted by Crippen LogP contribution is 2.33. The van der Waals surface area contributed by atoms with E-state index in [2.05, 4.69) is 56.7 Å². The molecule has 2 aromatic heterocycles. The molecule has 1 saturated carbocycles. The third-order valence-corrected chi connectivity index (χ3v) is 8.72. The molecule has 2 aromatic carbocycles. The molecule has 8 nitrogen and oxygen atoms in total. The van der Waals surface area contributed by atoms with Crippen molar-refractivity contribution >= 4 is 28.6 Å². The molecule has 0 aliphatic heterocycles. The number of nitrogens with one attached hydrogen (secondary N) is 2. The number of pyridine rings is 1. The number of thiol groups is 1. The van der Waals surface area contributed by atoms with Crippen LogP contribution in [0.4, 0.5) is 16.3 Å². The molecule has 2 heterocycles. The first-order valence-corrected chi connectivity index (χ1v) is 14.9. The molecule has 0 radical (unpaired) electrons. The Kier molecular flexibility index (Phi) is 8.13. The maximum Gasteiger partial charge on any atom is 0.330 e. The molecule has 0 bridgehead atoms. The van der Waals surface area contributed by atoms with Gasteiger partial charge in [0, 0.05) is 47.7 Å². The number of nitriles is 1. The van der Waals surface area contributed by atoms with Gasteiger partial charge in [-0.3, -0.25) is 14.3 Å². The molecular weight excluding hydrogens is 506 g/mol. The van der Waals surface area contributed by atoms with Crippen LogP contribution in [0, 0.1) is 11.3 Å². The lowest BCUT2D eigenvalue weighted by molar-refractivity contribution is 0.246. The minimum absolute atomic E-state index is 0.0632. The van der Waals surface area contributed by atoms with Gasteiger partial charge in [-0.2, -0.15) is 21.4 Å². The molecule has 200 valence electrons. The van der Waals surface area contributed by atoms with E-state index in [0.29, 0.717) is 5.56 Å². The molecule has 2 amide bonds. The van der Waals surface area contributed by atoms with Crippen LogP contribution in [0.3, 0.4) is 0 Å². The number of anilines is 2. The molecule has 0 spiro atoms. The van der Waals surface area contributed by atoms with Crippen molar-refractivity contribution in [2.75, 3.05) is 16.5 Å². The van der Waals surface area contributed by atoms with E-state index in [-0.39, 0.29) is 18.1 Å². The lowest BCUT2D eigenvalue weighted by Gasteiger charge is -2.38. The van der Waals surface area contributed by atoms with Crippen LogP contribution in [0.5, 0.6) is 0 Å². The van der Waals surface area contributed by atoms with Gasteiger partial charge in [0.2, 0.25) is 0 Å². The van der Waals surface area contributed by atoms with Crippen LogP contribution < -0.4 is 14.9 Å². The standard InChI is InChI=1S/C30H33N7OS/c1-36-21-24(20-33-36)23-9-13-26(14-10-23)37(30(38)35-39(2)28-6-4-3-5-7-28)27-15-11-25(12-16-27)34-29-17-8-22(18-31)19-32-29/h3-10,13-14,17,19-21,25,27,39H,11-12,15-16H2,1-2H3,(H,32,34)(H,35,38). The van der Waals surface area contributed by atoms with E-state index in [1.807, 2.05) is 60.7 Å². The molecule has 1 fully saturated rings. The zero-order chi connectivity index (χ0) is 27.2. The fourth-order valence-electron chi connectivity index (χ4n) is 5.03. The smallest absolute Gasteiger partial charge is 0.330 e. The quantitative estimate of drug-likeness (QED) is 0.254. The lowest BCUT2D eigenvalue weighted by atomic mass is 9.90. The summed E-state index contributed by atoms with van der Waals surface area (Å²) in [5.41, 5.74) is 3.55. The number of aromatic nitrogens is 3. The fourth-order valence-corrected chi connectivity index (χ4v) is 6.17. The molecule has 0 saturated heterocycles. The van der Waals surface area contributed by atoms with E-state index in [4.69, 9.17) is 5.26 Å². The van der Waals surface area contributed by atoms with Crippen molar-refractivity contribution in [2.45, 2.75) is 42.7 Å². The Morgan fingerprint density at radius 1 is 1.00 bits per heavy atom. The molecule has 4 aromatic rings. The van der Waals surface area contributed by atoms with Gasteiger partial charge < -0.3 is 5.32 Å². The predicted molar refractivity (Wildman–Crippen MR) is 158 cm³/mol. The second-order valence-electron chi connectivity index (χ2n) is 9.82. The summed E-state index contributed by atoms with van der Waals surface area (Å²) in [7, 11) is 1.91. The van der Waals surface area contributed by atoms with Gasteiger partial charge in [0.1, 0.15) is 11.9 Å². The van der Waals surface area contributed by atoms with Crippen LogP contribution in [-0.4, -0.2) is 39.1 Å². The number of rotatable bonds is 7. The summed E-state index contributed by atoms with van der Waals surface area (Å²) in [5, 5.41) is 16.8. The highest BCUT2D eigenvalue weighted by atomic mass is 32.2. The maximum atomic E-state index is 13.8. The molecule has 1 aliphatic rings. The Hall–Kier alpha value is -4.29. The molecule has 1 atom stereocenters. The van der Waals surface area contributed by atoms with Crippen LogP contribution in [-0.2, 0) is 7.05 Å². The normalized spacial score (nSPS) is 18.0. The van der Waals surface area contributed by atoms with E-state index in [9.17, 15) is 4.79 Å². The summed E-state index contributed by atoms with van der Waals surface area (Å²) < 4.78 is 5.08. The van der Waals surface area contributed by atoms with Crippen molar-refractivity contribution in [1.82, 2.24) is 19.5 Å². The number of nitrogens with zero attached hydrogens (tertiary/aromatic N) is 5. The van der Waals surface area contributed by atoms with Crippen LogP contribution in [0.25, 0.3) is 11.1 Å². The number of amides is 2. The number of urea groups is 1. The lowest BCUT2D eigenvalue weighted by Crippen LogP contribution is -2.48. The summed E-state index contributed by atoms with van der Waals surface area (Å²) in [6.07, 6.45) is 11.1.